The predicted molar refractivity (Wildman–Crippen MR) is 113 cm³/mol. The van der Waals surface area contributed by atoms with Gasteiger partial charge < -0.3 is 9.84 Å². The molecule has 2 aromatic carbocycles. The predicted octanol–water partition coefficient (Wildman–Crippen LogP) is 4.40. The maximum absolute atomic E-state index is 12.4. The van der Waals surface area contributed by atoms with E-state index < -0.39 is 17.1 Å². The molecule has 0 unspecified atom stereocenters. The van der Waals surface area contributed by atoms with Crippen LogP contribution in [0.2, 0.25) is 0 Å². The minimum absolute atomic E-state index is 0.0732. The van der Waals surface area contributed by atoms with Gasteiger partial charge in [-0.05, 0) is 53.7 Å². The number of benzene rings is 2. The Hall–Kier alpha value is -3.02. The normalized spacial score (nSPS) is 14.9. The summed E-state index contributed by atoms with van der Waals surface area (Å²) in [5.74, 6) is 1.38. The van der Waals surface area contributed by atoms with E-state index in [4.69, 9.17) is 16.3 Å². The van der Waals surface area contributed by atoms with Crippen molar-refractivity contribution in [2.45, 2.75) is 6.61 Å². The Morgan fingerprint density at radius 1 is 1.24 bits per heavy atom. The average Bonchev–Trinajstić information content (AvgIpc) is 2.95. The van der Waals surface area contributed by atoms with Gasteiger partial charge in [0.05, 0.1) is 17.0 Å². The molecule has 1 N–H and O–H groups in total. The Labute approximate surface area is 179 Å². The van der Waals surface area contributed by atoms with Crippen molar-refractivity contribution in [1.82, 2.24) is 4.90 Å². The van der Waals surface area contributed by atoms with Crippen LogP contribution in [0.15, 0.2) is 51.8 Å². The number of carboxylic acid groups (broad SMARTS) is 1. The molecule has 0 saturated carbocycles. The van der Waals surface area contributed by atoms with Gasteiger partial charge in [-0.15, -0.1) is 6.42 Å². The lowest BCUT2D eigenvalue weighted by Crippen LogP contribution is -2.28. The lowest BCUT2D eigenvalue weighted by Gasteiger charge is -2.11. The molecule has 0 atom stereocenters. The van der Waals surface area contributed by atoms with Crippen molar-refractivity contribution in [3.8, 4) is 18.1 Å². The fourth-order valence-electron chi connectivity index (χ4n) is 2.54. The summed E-state index contributed by atoms with van der Waals surface area (Å²) in [5.41, 5.74) is 1.60. The number of terminal acetylenes is 1. The molecule has 2 amide bonds. The second-order valence-electron chi connectivity index (χ2n) is 5.94. The highest BCUT2D eigenvalue weighted by Crippen LogP contribution is 2.34. The summed E-state index contributed by atoms with van der Waals surface area (Å²) >= 11 is 4.22. The van der Waals surface area contributed by atoms with Crippen molar-refractivity contribution in [1.29, 1.82) is 0 Å². The largest absolute Gasteiger partial charge is 0.488 e. The van der Waals surface area contributed by atoms with Crippen LogP contribution in [0.25, 0.3) is 6.08 Å². The molecule has 0 radical (unpaired) electrons. The van der Waals surface area contributed by atoms with E-state index >= 15 is 0 Å². The van der Waals surface area contributed by atoms with Gasteiger partial charge in [0.1, 0.15) is 12.4 Å². The van der Waals surface area contributed by atoms with Crippen molar-refractivity contribution < 1.29 is 24.2 Å². The number of hydrogen-bond donors (Lipinski definition) is 1. The SMILES string of the molecule is C#CCN1C(=O)S/C(=C/c2cc(Br)ccc2OCc2ccc(C(=O)O)cc2)C1=O. The zero-order valence-corrected chi connectivity index (χ0v) is 17.3. The maximum Gasteiger partial charge on any atom is 0.335 e. The summed E-state index contributed by atoms with van der Waals surface area (Å²) in [7, 11) is 0. The van der Waals surface area contributed by atoms with Crippen molar-refractivity contribution in [3.63, 3.8) is 0 Å². The number of thioether (sulfide) groups is 1. The topological polar surface area (TPSA) is 83.9 Å². The van der Waals surface area contributed by atoms with Crippen LogP contribution in [0.3, 0.4) is 0 Å². The van der Waals surface area contributed by atoms with Gasteiger partial charge >= 0.3 is 5.97 Å². The molecule has 1 heterocycles. The Morgan fingerprint density at radius 2 is 1.97 bits per heavy atom. The Morgan fingerprint density at radius 3 is 2.62 bits per heavy atom. The highest BCUT2D eigenvalue weighted by molar-refractivity contribution is 9.10. The average molecular weight is 472 g/mol. The monoisotopic (exact) mass is 471 g/mol. The molecule has 1 aliphatic rings. The van der Waals surface area contributed by atoms with Gasteiger partial charge in [-0.2, -0.15) is 0 Å². The third kappa shape index (κ3) is 4.88. The molecule has 3 rings (SSSR count). The number of aromatic carboxylic acids is 1. The van der Waals surface area contributed by atoms with Crippen molar-refractivity contribution in [2.75, 3.05) is 6.54 Å². The van der Waals surface area contributed by atoms with Gasteiger partial charge in [0.2, 0.25) is 0 Å². The fraction of sp³-hybridized carbons (Fsp3) is 0.0952. The van der Waals surface area contributed by atoms with Crippen molar-refractivity contribution >= 4 is 50.9 Å². The molecular formula is C21H14BrNO5S. The molecule has 1 saturated heterocycles. The Balaban J connectivity index is 1.81. The second-order valence-corrected chi connectivity index (χ2v) is 7.85. The number of ether oxygens (including phenoxy) is 1. The minimum atomic E-state index is -0.994. The first-order valence-electron chi connectivity index (χ1n) is 8.32. The summed E-state index contributed by atoms with van der Waals surface area (Å²) in [6, 6.07) is 11.7. The number of carboxylic acids is 1. The number of carbonyl (C=O) groups is 3. The fourth-order valence-corrected chi connectivity index (χ4v) is 3.74. The number of amides is 2. The lowest BCUT2D eigenvalue weighted by molar-refractivity contribution is -0.122. The van der Waals surface area contributed by atoms with E-state index in [9.17, 15) is 14.4 Å². The number of rotatable bonds is 6. The summed E-state index contributed by atoms with van der Waals surface area (Å²) in [6.07, 6.45) is 6.80. The van der Waals surface area contributed by atoms with E-state index in [1.54, 1.807) is 36.4 Å². The van der Waals surface area contributed by atoms with E-state index in [0.29, 0.717) is 11.3 Å². The molecular weight excluding hydrogens is 458 g/mol. The first-order valence-corrected chi connectivity index (χ1v) is 9.93. The van der Waals surface area contributed by atoms with E-state index in [1.165, 1.54) is 12.1 Å². The van der Waals surface area contributed by atoms with Gasteiger partial charge in [0.25, 0.3) is 11.1 Å². The molecule has 0 bridgehead atoms. The quantitative estimate of drug-likeness (QED) is 0.496. The summed E-state index contributed by atoms with van der Waals surface area (Å²) < 4.78 is 6.64. The Bertz CT molecular complexity index is 1060. The van der Waals surface area contributed by atoms with Crippen LogP contribution in [0.4, 0.5) is 4.79 Å². The molecule has 0 aromatic heterocycles. The summed E-state index contributed by atoms with van der Waals surface area (Å²) in [5, 5.41) is 8.56. The third-order valence-corrected chi connectivity index (χ3v) is 5.38. The third-order valence-electron chi connectivity index (χ3n) is 3.98. The van der Waals surface area contributed by atoms with Crippen LogP contribution in [-0.4, -0.2) is 33.7 Å². The highest BCUT2D eigenvalue weighted by atomic mass is 79.9. The molecule has 2 aromatic rings. The van der Waals surface area contributed by atoms with E-state index in [0.717, 1.165) is 26.7 Å². The standard InChI is InChI=1S/C21H14BrNO5S/c1-2-9-23-19(24)18(29-21(23)27)11-15-10-16(22)7-8-17(15)28-12-13-3-5-14(6-4-13)20(25)26/h1,3-8,10-11H,9,12H2,(H,25,26)/b18-11+. The first-order chi connectivity index (χ1) is 13.9. The Kier molecular flexibility index (Phi) is 6.42. The van der Waals surface area contributed by atoms with Gasteiger partial charge in [0.15, 0.2) is 0 Å². The zero-order valence-electron chi connectivity index (χ0n) is 14.9. The molecule has 1 fully saturated rings. The van der Waals surface area contributed by atoms with Crippen molar-refractivity contribution in [3.05, 3.63) is 68.5 Å². The lowest BCUT2D eigenvalue weighted by atomic mass is 10.1. The number of carbonyl (C=O) groups excluding carboxylic acids is 2. The minimum Gasteiger partial charge on any atom is -0.488 e. The molecule has 0 aliphatic carbocycles. The number of halogens is 1. The first kappa shape index (κ1) is 20.7. The van der Waals surface area contributed by atoms with Crippen LogP contribution in [0.1, 0.15) is 21.5 Å². The second kappa shape index (κ2) is 8.99. The van der Waals surface area contributed by atoms with Gasteiger partial charge in [-0.25, -0.2) is 4.79 Å². The van der Waals surface area contributed by atoms with Gasteiger partial charge in [-0.3, -0.25) is 14.5 Å². The van der Waals surface area contributed by atoms with E-state index in [-0.39, 0.29) is 23.6 Å². The van der Waals surface area contributed by atoms with Gasteiger partial charge in [-0.1, -0.05) is 34.0 Å². The van der Waals surface area contributed by atoms with E-state index in [1.807, 2.05) is 0 Å². The van der Waals surface area contributed by atoms with Crippen LogP contribution in [-0.2, 0) is 11.4 Å². The van der Waals surface area contributed by atoms with Crippen LogP contribution in [0.5, 0.6) is 5.75 Å². The molecule has 8 heteroatoms. The summed E-state index contributed by atoms with van der Waals surface area (Å²) in [6.45, 7) is 0.136. The van der Waals surface area contributed by atoms with Crippen molar-refractivity contribution in [2.24, 2.45) is 0 Å². The van der Waals surface area contributed by atoms with E-state index in [2.05, 4.69) is 21.9 Å². The zero-order chi connectivity index (χ0) is 21.0. The smallest absolute Gasteiger partial charge is 0.335 e. The summed E-state index contributed by atoms with van der Waals surface area (Å²) in [4.78, 5) is 36.6. The highest BCUT2D eigenvalue weighted by Gasteiger charge is 2.34. The molecule has 6 nitrogen and oxygen atoms in total. The number of nitrogens with zero attached hydrogens (tertiary/aromatic N) is 1. The molecule has 146 valence electrons. The van der Waals surface area contributed by atoms with Gasteiger partial charge in [0, 0.05) is 10.0 Å². The molecule has 0 spiro atoms. The van der Waals surface area contributed by atoms with Crippen LogP contribution >= 0.6 is 27.7 Å². The molecule has 1 aliphatic heterocycles. The van der Waals surface area contributed by atoms with Crippen LogP contribution < -0.4 is 4.74 Å². The maximum atomic E-state index is 12.4. The molecule has 29 heavy (non-hydrogen) atoms. The number of imide groups is 1. The van der Waals surface area contributed by atoms with Crippen LogP contribution in [0, 0.1) is 12.3 Å². The number of hydrogen-bond acceptors (Lipinski definition) is 5.